The van der Waals surface area contributed by atoms with Gasteiger partial charge in [-0.05, 0) is 32.6 Å². The van der Waals surface area contributed by atoms with Crippen LogP contribution in [-0.2, 0) is 9.47 Å². The lowest BCUT2D eigenvalue weighted by molar-refractivity contribution is -0.0985. The molecule has 1 fully saturated rings. The molecule has 0 amide bonds. The molecule has 4 heteroatoms. The molecular formula is C14H26N2O2. The lowest BCUT2D eigenvalue weighted by Gasteiger charge is -2.33. The van der Waals surface area contributed by atoms with E-state index in [2.05, 4.69) is 11.9 Å². The van der Waals surface area contributed by atoms with Gasteiger partial charge in [-0.2, -0.15) is 0 Å². The average Bonchev–Trinajstić information content (AvgIpc) is 2.40. The third-order valence-electron chi connectivity index (χ3n) is 3.97. The number of aliphatic imine (C=N–C) groups is 1. The summed E-state index contributed by atoms with van der Waals surface area (Å²) in [6, 6.07) is 0. The Labute approximate surface area is 110 Å². The zero-order valence-electron chi connectivity index (χ0n) is 11.4. The van der Waals surface area contributed by atoms with Crippen LogP contribution in [0.1, 0.15) is 45.4 Å². The fourth-order valence-electron chi connectivity index (χ4n) is 2.86. The molecule has 2 rings (SSSR count). The molecule has 0 aromatic rings. The number of rotatable bonds is 5. The monoisotopic (exact) mass is 254 g/mol. The molecule has 4 atom stereocenters. The minimum Gasteiger partial charge on any atom is -0.376 e. The Morgan fingerprint density at radius 1 is 1.17 bits per heavy atom. The van der Waals surface area contributed by atoms with Crippen LogP contribution in [0.5, 0.6) is 0 Å². The molecule has 18 heavy (non-hydrogen) atoms. The zero-order chi connectivity index (χ0) is 12.8. The molecule has 0 aromatic heterocycles. The second kappa shape index (κ2) is 7.22. The van der Waals surface area contributed by atoms with Gasteiger partial charge in [0.15, 0.2) is 0 Å². The van der Waals surface area contributed by atoms with Gasteiger partial charge in [0.1, 0.15) is 6.17 Å². The third-order valence-corrected chi connectivity index (χ3v) is 3.97. The van der Waals surface area contributed by atoms with Gasteiger partial charge in [0, 0.05) is 18.7 Å². The predicted octanol–water partition coefficient (Wildman–Crippen LogP) is 2.12. The van der Waals surface area contributed by atoms with Crippen LogP contribution in [0.25, 0.3) is 0 Å². The summed E-state index contributed by atoms with van der Waals surface area (Å²) in [5, 5.41) is 0. The first-order chi connectivity index (χ1) is 8.81. The number of hydrogen-bond donors (Lipinski definition) is 1. The molecule has 4 nitrogen and oxygen atoms in total. The van der Waals surface area contributed by atoms with Gasteiger partial charge in [0.2, 0.25) is 0 Å². The fourth-order valence-corrected chi connectivity index (χ4v) is 2.86. The summed E-state index contributed by atoms with van der Waals surface area (Å²) < 4.78 is 11.9. The maximum absolute atomic E-state index is 6.08. The van der Waals surface area contributed by atoms with Crippen molar-refractivity contribution in [2.75, 3.05) is 13.2 Å². The van der Waals surface area contributed by atoms with Gasteiger partial charge >= 0.3 is 0 Å². The van der Waals surface area contributed by atoms with Gasteiger partial charge in [-0.3, -0.25) is 4.99 Å². The Bertz CT molecular complexity index is 269. The quantitative estimate of drug-likeness (QED) is 0.817. The third kappa shape index (κ3) is 3.77. The predicted molar refractivity (Wildman–Crippen MR) is 72.8 cm³/mol. The highest BCUT2D eigenvalue weighted by molar-refractivity contribution is 5.58. The van der Waals surface area contributed by atoms with Crippen molar-refractivity contribution in [2.24, 2.45) is 16.6 Å². The van der Waals surface area contributed by atoms with Crippen molar-refractivity contribution < 1.29 is 9.47 Å². The molecule has 0 saturated heterocycles. The molecule has 1 aliphatic heterocycles. The highest BCUT2D eigenvalue weighted by Crippen LogP contribution is 2.25. The van der Waals surface area contributed by atoms with E-state index in [0.29, 0.717) is 5.92 Å². The number of nitrogens with zero attached hydrogens (tertiary/aromatic N) is 1. The first-order valence-corrected chi connectivity index (χ1v) is 7.31. The van der Waals surface area contributed by atoms with Crippen LogP contribution in [0.4, 0.5) is 0 Å². The SMILES string of the molecule is CCOC1CCCCC1OCC1CCC=NC1N. The van der Waals surface area contributed by atoms with Gasteiger partial charge in [0.25, 0.3) is 0 Å². The van der Waals surface area contributed by atoms with Crippen molar-refractivity contribution in [2.45, 2.75) is 63.8 Å². The number of ether oxygens (including phenoxy) is 2. The average molecular weight is 254 g/mol. The van der Waals surface area contributed by atoms with Gasteiger partial charge in [0.05, 0.1) is 18.8 Å². The summed E-state index contributed by atoms with van der Waals surface area (Å²) in [7, 11) is 0. The van der Waals surface area contributed by atoms with E-state index in [1.165, 1.54) is 12.8 Å². The van der Waals surface area contributed by atoms with Crippen LogP contribution in [-0.4, -0.2) is 37.8 Å². The van der Waals surface area contributed by atoms with Crippen molar-refractivity contribution in [1.82, 2.24) is 0 Å². The molecule has 2 aliphatic rings. The standard InChI is InChI=1S/C14H26N2O2/c1-2-17-12-7-3-4-8-13(12)18-10-11-6-5-9-16-14(11)15/h9,11-14H,2-8,10,15H2,1H3. The summed E-state index contributed by atoms with van der Waals surface area (Å²) in [6.07, 6.45) is 9.30. The maximum atomic E-state index is 6.08. The summed E-state index contributed by atoms with van der Waals surface area (Å²) in [5.74, 6) is 0.374. The van der Waals surface area contributed by atoms with E-state index >= 15 is 0 Å². The van der Waals surface area contributed by atoms with E-state index in [4.69, 9.17) is 15.2 Å². The number of hydrogen-bond acceptors (Lipinski definition) is 4. The molecular weight excluding hydrogens is 228 g/mol. The topological polar surface area (TPSA) is 56.8 Å². The van der Waals surface area contributed by atoms with E-state index in [1.807, 2.05) is 6.21 Å². The molecule has 0 aromatic carbocycles. The largest absolute Gasteiger partial charge is 0.376 e. The van der Waals surface area contributed by atoms with Crippen LogP contribution in [0, 0.1) is 5.92 Å². The summed E-state index contributed by atoms with van der Waals surface area (Å²) in [6.45, 7) is 3.56. The Hall–Kier alpha value is -0.450. The van der Waals surface area contributed by atoms with Crippen LogP contribution in [0.2, 0.25) is 0 Å². The summed E-state index contributed by atoms with van der Waals surface area (Å²) in [5.41, 5.74) is 5.98. The summed E-state index contributed by atoms with van der Waals surface area (Å²) in [4.78, 5) is 4.27. The highest BCUT2D eigenvalue weighted by Gasteiger charge is 2.28. The van der Waals surface area contributed by atoms with E-state index in [-0.39, 0.29) is 18.4 Å². The second-order valence-corrected chi connectivity index (χ2v) is 5.31. The van der Waals surface area contributed by atoms with Gasteiger partial charge in [-0.15, -0.1) is 0 Å². The molecule has 0 radical (unpaired) electrons. The van der Waals surface area contributed by atoms with E-state index in [0.717, 1.165) is 38.9 Å². The Kier molecular flexibility index (Phi) is 5.60. The molecule has 0 spiro atoms. The van der Waals surface area contributed by atoms with E-state index in [1.54, 1.807) is 0 Å². The Morgan fingerprint density at radius 2 is 1.89 bits per heavy atom. The first-order valence-electron chi connectivity index (χ1n) is 7.31. The minimum atomic E-state index is -0.0760. The first kappa shape index (κ1) is 14.0. The maximum Gasteiger partial charge on any atom is 0.102 e. The van der Waals surface area contributed by atoms with E-state index in [9.17, 15) is 0 Å². The van der Waals surface area contributed by atoms with Crippen molar-refractivity contribution >= 4 is 6.21 Å². The van der Waals surface area contributed by atoms with Crippen molar-refractivity contribution in [3.8, 4) is 0 Å². The fraction of sp³-hybridized carbons (Fsp3) is 0.929. The highest BCUT2D eigenvalue weighted by atomic mass is 16.5. The van der Waals surface area contributed by atoms with Crippen LogP contribution in [0.3, 0.4) is 0 Å². The molecule has 1 saturated carbocycles. The van der Waals surface area contributed by atoms with Crippen LogP contribution >= 0.6 is 0 Å². The van der Waals surface area contributed by atoms with E-state index < -0.39 is 0 Å². The van der Waals surface area contributed by atoms with Gasteiger partial charge in [-0.25, -0.2) is 0 Å². The van der Waals surface area contributed by atoms with Crippen LogP contribution in [0.15, 0.2) is 4.99 Å². The molecule has 1 heterocycles. The smallest absolute Gasteiger partial charge is 0.102 e. The Morgan fingerprint density at radius 3 is 2.56 bits per heavy atom. The molecule has 2 N–H and O–H groups in total. The lowest BCUT2D eigenvalue weighted by Crippen LogP contribution is -2.39. The van der Waals surface area contributed by atoms with Crippen molar-refractivity contribution in [1.29, 1.82) is 0 Å². The van der Waals surface area contributed by atoms with Gasteiger partial charge in [-0.1, -0.05) is 12.8 Å². The summed E-state index contributed by atoms with van der Waals surface area (Å²) >= 11 is 0. The normalized spacial score (nSPS) is 36.8. The van der Waals surface area contributed by atoms with Crippen LogP contribution < -0.4 is 5.73 Å². The van der Waals surface area contributed by atoms with Crippen molar-refractivity contribution in [3.63, 3.8) is 0 Å². The lowest BCUT2D eigenvalue weighted by atomic mass is 9.94. The van der Waals surface area contributed by atoms with Gasteiger partial charge < -0.3 is 15.2 Å². The molecule has 4 unspecified atom stereocenters. The number of nitrogens with two attached hydrogens (primary N) is 1. The van der Waals surface area contributed by atoms with Crippen molar-refractivity contribution in [3.05, 3.63) is 0 Å². The second-order valence-electron chi connectivity index (χ2n) is 5.31. The molecule has 0 bridgehead atoms. The molecule has 1 aliphatic carbocycles. The molecule has 104 valence electrons. The minimum absolute atomic E-state index is 0.0760. The zero-order valence-corrected chi connectivity index (χ0v) is 11.4. The Balaban J connectivity index is 1.78.